The molecule has 1 atom stereocenters. The normalized spacial score (nSPS) is 17.1. The van der Waals surface area contributed by atoms with E-state index in [-0.39, 0.29) is 12.1 Å². The Balaban J connectivity index is 1.76. The molecular formula is C15H19N5O. The molecule has 21 heavy (non-hydrogen) atoms. The van der Waals surface area contributed by atoms with Crippen LogP contribution in [0, 0.1) is 0 Å². The van der Waals surface area contributed by atoms with Gasteiger partial charge >= 0.3 is 6.03 Å². The Morgan fingerprint density at radius 2 is 2.29 bits per heavy atom. The third-order valence-electron chi connectivity index (χ3n) is 3.87. The molecule has 0 spiro atoms. The molecule has 2 amide bonds. The van der Waals surface area contributed by atoms with Crippen molar-refractivity contribution in [2.24, 2.45) is 0 Å². The van der Waals surface area contributed by atoms with Crippen LogP contribution < -0.4 is 10.6 Å². The molecule has 0 radical (unpaired) electrons. The van der Waals surface area contributed by atoms with Gasteiger partial charge in [-0.05, 0) is 30.4 Å². The first kappa shape index (κ1) is 13.6. The number of amides is 2. The number of benzene rings is 1. The quantitative estimate of drug-likeness (QED) is 0.900. The van der Waals surface area contributed by atoms with Crippen LogP contribution in [0.4, 0.5) is 4.79 Å². The van der Waals surface area contributed by atoms with Gasteiger partial charge in [0.15, 0.2) is 0 Å². The van der Waals surface area contributed by atoms with Gasteiger partial charge in [-0.3, -0.25) is 0 Å². The molecule has 0 fully saturated rings. The lowest BCUT2D eigenvalue weighted by Crippen LogP contribution is -2.32. The van der Waals surface area contributed by atoms with Gasteiger partial charge in [-0.25, -0.2) is 9.48 Å². The van der Waals surface area contributed by atoms with E-state index in [1.807, 2.05) is 10.9 Å². The topological polar surface area (TPSA) is 71.8 Å². The summed E-state index contributed by atoms with van der Waals surface area (Å²) in [6.07, 6.45) is 5.28. The Kier molecular flexibility index (Phi) is 3.85. The van der Waals surface area contributed by atoms with Crippen LogP contribution in [0.2, 0.25) is 0 Å². The monoisotopic (exact) mass is 285 g/mol. The van der Waals surface area contributed by atoms with Gasteiger partial charge in [0.25, 0.3) is 0 Å². The van der Waals surface area contributed by atoms with Crippen LogP contribution in [0.25, 0.3) is 0 Å². The number of nitrogens with zero attached hydrogens (tertiary/aromatic N) is 3. The van der Waals surface area contributed by atoms with E-state index in [0.29, 0.717) is 6.54 Å². The van der Waals surface area contributed by atoms with E-state index in [0.717, 1.165) is 25.0 Å². The Morgan fingerprint density at radius 1 is 1.43 bits per heavy atom. The van der Waals surface area contributed by atoms with Crippen molar-refractivity contribution in [1.29, 1.82) is 0 Å². The highest BCUT2D eigenvalue weighted by molar-refractivity contribution is 5.73. The number of aromatic nitrogens is 3. The highest BCUT2D eigenvalue weighted by Crippen LogP contribution is 2.31. The molecule has 1 aromatic carbocycles. The Hall–Kier alpha value is -2.37. The van der Waals surface area contributed by atoms with Crippen molar-refractivity contribution < 1.29 is 4.79 Å². The minimum absolute atomic E-state index is 0.215. The van der Waals surface area contributed by atoms with Crippen molar-refractivity contribution in [3.63, 3.8) is 0 Å². The fourth-order valence-corrected chi connectivity index (χ4v) is 2.81. The number of hydrogen-bond donors (Lipinski definition) is 2. The fourth-order valence-electron chi connectivity index (χ4n) is 2.81. The molecule has 110 valence electrons. The summed E-state index contributed by atoms with van der Waals surface area (Å²) < 4.78 is 1.92. The van der Waals surface area contributed by atoms with Gasteiger partial charge in [0, 0.05) is 7.05 Å². The first-order chi connectivity index (χ1) is 10.3. The van der Waals surface area contributed by atoms with Crippen LogP contribution in [-0.2, 0) is 13.0 Å². The molecule has 1 aliphatic carbocycles. The van der Waals surface area contributed by atoms with Gasteiger partial charge in [-0.2, -0.15) is 0 Å². The summed E-state index contributed by atoms with van der Waals surface area (Å²) in [7, 11) is 1.59. The minimum atomic E-state index is -0.215. The SMILES string of the molecule is CNC(=O)NCc1cn(C2CCCc3ccccc32)nn1. The second-order valence-corrected chi connectivity index (χ2v) is 5.23. The first-order valence-electron chi connectivity index (χ1n) is 7.22. The predicted molar refractivity (Wildman–Crippen MR) is 78.8 cm³/mol. The molecule has 0 bridgehead atoms. The van der Waals surface area contributed by atoms with Crippen molar-refractivity contribution in [3.05, 3.63) is 47.3 Å². The van der Waals surface area contributed by atoms with Gasteiger partial charge in [0.2, 0.25) is 0 Å². The molecule has 2 N–H and O–H groups in total. The molecule has 0 aliphatic heterocycles. The van der Waals surface area contributed by atoms with Crippen molar-refractivity contribution >= 4 is 6.03 Å². The van der Waals surface area contributed by atoms with Gasteiger partial charge < -0.3 is 10.6 Å². The van der Waals surface area contributed by atoms with E-state index >= 15 is 0 Å². The number of carbonyl (C=O) groups excluding carboxylic acids is 1. The molecule has 0 saturated heterocycles. The van der Waals surface area contributed by atoms with Crippen LogP contribution in [0.15, 0.2) is 30.5 Å². The molecular weight excluding hydrogens is 266 g/mol. The summed E-state index contributed by atoms with van der Waals surface area (Å²) >= 11 is 0. The number of urea groups is 1. The second kappa shape index (κ2) is 5.95. The maximum Gasteiger partial charge on any atom is 0.314 e. The van der Waals surface area contributed by atoms with Gasteiger partial charge in [-0.1, -0.05) is 29.5 Å². The minimum Gasteiger partial charge on any atom is -0.341 e. The van der Waals surface area contributed by atoms with Crippen LogP contribution in [0.5, 0.6) is 0 Å². The zero-order valence-corrected chi connectivity index (χ0v) is 12.0. The summed E-state index contributed by atoms with van der Waals surface area (Å²) in [6.45, 7) is 0.383. The van der Waals surface area contributed by atoms with Crippen molar-refractivity contribution in [1.82, 2.24) is 25.6 Å². The smallest absolute Gasteiger partial charge is 0.314 e. The Labute approximate surface area is 123 Å². The molecule has 1 unspecified atom stereocenters. The number of rotatable bonds is 3. The molecule has 6 nitrogen and oxygen atoms in total. The summed E-state index contributed by atoms with van der Waals surface area (Å²) in [5, 5.41) is 13.6. The van der Waals surface area contributed by atoms with Gasteiger partial charge in [0.05, 0.1) is 18.8 Å². The van der Waals surface area contributed by atoms with Crippen LogP contribution in [-0.4, -0.2) is 28.1 Å². The summed E-state index contributed by atoms with van der Waals surface area (Å²) in [4.78, 5) is 11.2. The highest BCUT2D eigenvalue weighted by Gasteiger charge is 2.22. The average Bonchev–Trinajstić information content (AvgIpc) is 3.00. The van der Waals surface area contributed by atoms with Crippen molar-refractivity contribution in [3.8, 4) is 0 Å². The fraction of sp³-hybridized carbons (Fsp3) is 0.400. The third kappa shape index (κ3) is 2.89. The van der Waals surface area contributed by atoms with Crippen LogP contribution in [0.3, 0.4) is 0 Å². The van der Waals surface area contributed by atoms with Gasteiger partial charge in [-0.15, -0.1) is 5.10 Å². The number of carbonyl (C=O) groups is 1. The predicted octanol–water partition coefficient (Wildman–Crippen LogP) is 1.63. The summed E-state index contributed by atoms with van der Waals surface area (Å²) in [5.41, 5.74) is 3.50. The largest absolute Gasteiger partial charge is 0.341 e. The molecule has 0 saturated carbocycles. The maximum atomic E-state index is 11.2. The van der Waals surface area contributed by atoms with Crippen molar-refractivity contribution in [2.75, 3.05) is 7.05 Å². The van der Waals surface area contributed by atoms with E-state index in [9.17, 15) is 4.79 Å². The lowest BCUT2D eigenvalue weighted by molar-refractivity contribution is 0.242. The lowest BCUT2D eigenvalue weighted by atomic mass is 9.88. The van der Waals surface area contributed by atoms with Crippen molar-refractivity contribution in [2.45, 2.75) is 31.8 Å². The van der Waals surface area contributed by atoms with E-state index in [4.69, 9.17) is 0 Å². The van der Waals surface area contributed by atoms with E-state index in [1.165, 1.54) is 11.1 Å². The molecule has 2 aromatic rings. The molecule has 3 rings (SSSR count). The van der Waals surface area contributed by atoms with E-state index in [1.54, 1.807) is 7.05 Å². The Morgan fingerprint density at radius 3 is 3.14 bits per heavy atom. The second-order valence-electron chi connectivity index (χ2n) is 5.23. The molecule has 1 aliphatic rings. The number of fused-ring (bicyclic) bond motifs is 1. The highest BCUT2D eigenvalue weighted by atomic mass is 16.2. The van der Waals surface area contributed by atoms with Crippen LogP contribution in [0.1, 0.15) is 35.7 Å². The van der Waals surface area contributed by atoms with Crippen LogP contribution >= 0.6 is 0 Å². The number of nitrogens with one attached hydrogen (secondary N) is 2. The average molecular weight is 285 g/mol. The van der Waals surface area contributed by atoms with Gasteiger partial charge in [0.1, 0.15) is 5.69 Å². The van der Waals surface area contributed by atoms with E-state index < -0.39 is 0 Å². The molecule has 1 aromatic heterocycles. The molecule has 6 heteroatoms. The zero-order valence-electron chi connectivity index (χ0n) is 12.0. The molecule has 1 heterocycles. The standard InChI is InChI=1S/C15H19N5O/c1-16-15(21)17-9-12-10-20(19-18-12)14-8-4-6-11-5-2-3-7-13(11)14/h2-3,5,7,10,14H,4,6,8-9H2,1H3,(H2,16,17,21). The maximum absolute atomic E-state index is 11.2. The summed E-state index contributed by atoms with van der Waals surface area (Å²) in [6, 6.07) is 8.54. The number of hydrogen-bond acceptors (Lipinski definition) is 3. The first-order valence-corrected chi connectivity index (χ1v) is 7.22. The number of aryl methyl sites for hydroxylation is 1. The Bertz CT molecular complexity index is 636. The van der Waals surface area contributed by atoms with E-state index in [2.05, 4.69) is 45.2 Å². The zero-order chi connectivity index (χ0) is 14.7. The summed E-state index contributed by atoms with van der Waals surface area (Å²) in [5.74, 6) is 0. The lowest BCUT2D eigenvalue weighted by Gasteiger charge is -2.25. The third-order valence-corrected chi connectivity index (χ3v) is 3.87.